The van der Waals surface area contributed by atoms with Gasteiger partial charge in [0, 0.05) is 4.88 Å². The van der Waals surface area contributed by atoms with E-state index in [0.717, 1.165) is 49.9 Å². The highest BCUT2D eigenvalue weighted by Crippen LogP contribution is 2.29. The Balaban J connectivity index is 1.56. The molecular formula is C18H20FN3O4S2. The molecule has 1 aromatic carbocycles. The number of thiophene rings is 1. The van der Waals surface area contributed by atoms with Crippen molar-refractivity contribution in [1.82, 2.24) is 15.6 Å². The van der Waals surface area contributed by atoms with Crippen LogP contribution in [-0.2, 0) is 27.7 Å². The fourth-order valence-electron chi connectivity index (χ4n) is 2.86. The minimum Gasteiger partial charge on any atom is -0.271 e. The van der Waals surface area contributed by atoms with E-state index in [-0.39, 0.29) is 4.90 Å². The van der Waals surface area contributed by atoms with E-state index in [9.17, 15) is 22.4 Å². The predicted octanol–water partition coefficient (Wildman–Crippen LogP) is 1.89. The zero-order valence-electron chi connectivity index (χ0n) is 15.1. The van der Waals surface area contributed by atoms with Crippen LogP contribution < -0.4 is 15.6 Å². The first-order valence-electron chi connectivity index (χ1n) is 8.76. The van der Waals surface area contributed by atoms with Crippen molar-refractivity contribution in [2.24, 2.45) is 0 Å². The summed E-state index contributed by atoms with van der Waals surface area (Å²) in [6.45, 7) is 1.34. The summed E-state index contributed by atoms with van der Waals surface area (Å²) in [6, 6.07) is 4.92. The van der Waals surface area contributed by atoms with Crippen LogP contribution in [0.4, 0.5) is 4.39 Å². The Labute approximate surface area is 166 Å². The molecule has 0 fully saturated rings. The van der Waals surface area contributed by atoms with Gasteiger partial charge in [-0.25, -0.2) is 12.8 Å². The lowest BCUT2D eigenvalue weighted by Gasteiger charge is -2.14. The molecule has 3 rings (SSSR count). The minimum absolute atomic E-state index is 0.165. The van der Waals surface area contributed by atoms with Crippen molar-refractivity contribution < 1.29 is 22.4 Å². The number of rotatable bonds is 5. The third-order valence-corrected chi connectivity index (χ3v) is 7.16. The van der Waals surface area contributed by atoms with Crippen molar-refractivity contribution in [2.75, 3.05) is 0 Å². The van der Waals surface area contributed by atoms with Gasteiger partial charge in [0.2, 0.25) is 10.0 Å². The lowest BCUT2D eigenvalue weighted by molar-refractivity contribution is -0.123. The fraction of sp³-hybridized carbons (Fsp3) is 0.333. The summed E-state index contributed by atoms with van der Waals surface area (Å²) < 4.78 is 39.6. The highest BCUT2D eigenvalue weighted by Gasteiger charge is 2.23. The summed E-state index contributed by atoms with van der Waals surface area (Å²) in [5.74, 6) is -1.73. The number of carbonyl (C=O) groups excluding carboxylic acids is 2. The molecule has 150 valence electrons. The van der Waals surface area contributed by atoms with Gasteiger partial charge in [0.1, 0.15) is 5.82 Å². The smallest absolute Gasteiger partial charge is 0.271 e. The summed E-state index contributed by atoms with van der Waals surface area (Å²) in [7, 11) is -4.00. The van der Waals surface area contributed by atoms with E-state index in [1.807, 2.05) is 6.07 Å². The van der Waals surface area contributed by atoms with Gasteiger partial charge < -0.3 is 0 Å². The highest BCUT2D eigenvalue weighted by atomic mass is 32.2. The molecule has 0 spiro atoms. The van der Waals surface area contributed by atoms with E-state index in [1.54, 1.807) is 0 Å². The summed E-state index contributed by atoms with van der Waals surface area (Å²) in [4.78, 5) is 25.9. The van der Waals surface area contributed by atoms with Gasteiger partial charge >= 0.3 is 0 Å². The van der Waals surface area contributed by atoms with Crippen molar-refractivity contribution in [1.29, 1.82) is 0 Å². The standard InChI is InChI=1S/C18H20FN3O4S2/c1-11(22-28(25,26)14-8-6-13(19)7-9-14)17(23)20-21-18(24)16-10-12-4-2-3-5-15(12)27-16/h6-11,22H,2-5H2,1H3,(H,20,23)(H,21,24)/t11-/m0/s1. The molecule has 1 aliphatic rings. The van der Waals surface area contributed by atoms with Crippen molar-refractivity contribution in [3.05, 3.63) is 51.5 Å². The van der Waals surface area contributed by atoms with Crippen LogP contribution in [0.3, 0.4) is 0 Å². The number of benzene rings is 1. The summed E-state index contributed by atoms with van der Waals surface area (Å²) >= 11 is 1.41. The number of hydrogen-bond donors (Lipinski definition) is 3. The Morgan fingerprint density at radius 1 is 1.11 bits per heavy atom. The molecule has 0 saturated heterocycles. The normalized spacial score (nSPS) is 14.8. The average Bonchev–Trinajstić information content (AvgIpc) is 3.10. The van der Waals surface area contributed by atoms with E-state index in [1.165, 1.54) is 28.7 Å². The molecule has 3 N–H and O–H groups in total. The van der Waals surface area contributed by atoms with Crippen LogP contribution in [0.2, 0.25) is 0 Å². The molecule has 1 aliphatic carbocycles. The zero-order chi connectivity index (χ0) is 20.3. The van der Waals surface area contributed by atoms with Crippen LogP contribution in [0.15, 0.2) is 35.2 Å². The topological polar surface area (TPSA) is 104 Å². The first kappa shape index (κ1) is 20.4. The molecule has 0 unspecified atom stereocenters. The van der Waals surface area contributed by atoms with Crippen LogP contribution in [-0.4, -0.2) is 26.3 Å². The Kier molecular flexibility index (Phi) is 6.11. The molecule has 1 aromatic heterocycles. The molecular weight excluding hydrogens is 405 g/mol. The van der Waals surface area contributed by atoms with Crippen molar-refractivity contribution in [3.8, 4) is 0 Å². The molecule has 10 heteroatoms. The van der Waals surface area contributed by atoms with E-state index in [0.29, 0.717) is 4.88 Å². The van der Waals surface area contributed by atoms with Crippen molar-refractivity contribution in [3.63, 3.8) is 0 Å². The van der Waals surface area contributed by atoms with Crippen molar-refractivity contribution in [2.45, 2.75) is 43.5 Å². The fourth-order valence-corrected chi connectivity index (χ4v) is 5.21. The van der Waals surface area contributed by atoms with Gasteiger partial charge in [0.25, 0.3) is 11.8 Å². The number of amides is 2. The van der Waals surface area contributed by atoms with Crippen LogP contribution in [0.25, 0.3) is 0 Å². The summed E-state index contributed by atoms with van der Waals surface area (Å²) in [5.41, 5.74) is 5.71. The first-order chi connectivity index (χ1) is 13.3. The van der Waals surface area contributed by atoms with Gasteiger partial charge in [0.15, 0.2) is 0 Å². The lowest BCUT2D eigenvalue weighted by atomic mass is 9.99. The SMILES string of the molecule is C[C@H](NS(=O)(=O)c1ccc(F)cc1)C(=O)NNC(=O)c1cc2c(s1)CCCC2. The first-order valence-corrected chi connectivity index (χ1v) is 11.1. The molecule has 1 atom stereocenters. The number of carbonyl (C=O) groups is 2. The Bertz CT molecular complexity index is 963. The lowest BCUT2D eigenvalue weighted by Crippen LogP contribution is -2.50. The van der Waals surface area contributed by atoms with Gasteiger partial charge in [-0.05, 0) is 68.5 Å². The number of halogens is 1. The third kappa shape index (κ3) is 4.75. The molecule has 28 heavy (non-hydrogen) atoms. The number of hydrazine groups is 1. The van der Waals surface area contributed by atoms with E-state index < -0.39 is 33.7 Å². The molecule has 1 heterocycles. The van der Waals surface area contributed by atoms with Crippen LogP contribution in [0.5, 0.6) is 0 Å². The molecule has 0 bridgehead atoms. The molecule has 0 saturated carbocycles. The average molecular weight is 426 g/mol. The highest BCUT2D eigenvalue weighted by molar-refractivity contribution is 7.89. The molecule has 0 aliphatic heterocycles. The number of sulfonamides is 1. The van der Waals surface area contributed by atoms with Gasteiger partial charge in [-0.3, -0.25) is 20.4 Å². The van der Waals surface area contributed by atoms with Crippen molar-refractivity contribution >= 4 is 33.2 Å². The summed E-state index contributed by atoms with van der Waals surface area (Å²) in [6.07, 6.45) is 4.12. The third-order valence-electron chi connectivity index (χ3n) is 4.37. The Hall–Kier alpha value is -2.30. The molecule has 0 radical (unpaired) electrons. The second-order valence-corrected chi connectivity index (χ2v) is 9.36. The molecule has 2 aromatic rings. The second-order valence-electron chi connectivity index (χ2n) is 6.51. The zero-order valence-corrected chi connectivity index (χ0v) is 16.8. The van der Waals surface area contributed by atoms with E-state index >= 15 is 0 Å². The summed E-state index contributed by atoms with van der Waals surface area (Å²) in [5, 5.41) is 0. The van der Waals surface area contributed by atoms with Gasteiger partial charge in [-0.15, -0.1) is 11.3 Å². The largest absolute Gasteiger partial charge is 0.279 e. The maximum absolute atomic E-state index is 12.9. The molecule has 7 nitrogen and oxygen atoms in total. The number of hydrogen-bond acceptors (Lipinski definition) is 5. The van der Waals surface area contributed by atoms with E-state index in [2.05, 4.69) is 15.6 Å². The molecule has 2 amide bonds. The predicted molar refractivity (Wildman–Crippen MR) is 103 cm³/mol. The number of nitrogens with one attached hydrogen (secondary N) is 3. The maximum Gasteiger partial charge on any atom is 0.279 e. The number of fused-ring (bicyclic) bond motifs is 1. The van der Waals surface area contributed by atoms with Crippen LogP contribution >= 0.6 is 11.3 Å². The number of aryl methyl sites for hydroxylation is 2. The van der Waals surface area contributed by atoms with Gasteiger partial charge in [0.05, 0.1) is 15.8 Å². The van der Waals surface area contributed by atoms with Crippen LogP contribution in [0, 0.1) is 5.82 Å². The minimum atomic E-state index is -4.00. The Morgan fingerprint density at radius 3 is 2.46 bits per heavy atom. The van der Waals surface area contributed by atoms with Gasteiger partial charge in [-0.2, -0.15) is 4.72 Å². The van der Waals surface area contributed by atoms with Gasteiger partial charge in [-0.1, -0.05) is 0 Å². The monoisotopic (exact) mass is 425 g/mol. The Morgan fingerprint density at radius 2 is 1.79 bits per heavy atom. The van der Waals surface area contributed by atoms with Crippen LogP contribution in [0.1, 0.15) is 39.9 Å². The quantitative estimate of drug-likeness (QED) is 0.637. The second kappa shape index (κ2) is 8.38. The maximum atomic E-state index is 12.9. The van der Waals surface area contributed by atoms with E-state index in [4.69, 9.17) is 0 Å².